The quantitative estimate of drug-likeness (QED) is 0.370. The van der Waals surface area contributed by atoms with Crippen molar-refractivity contribution in [3.63, 3.8) is 0 Å². The Labute approximate surface area is 236 Å². The Morgan fingerprint density at radius 2 is 1.90 bits per heavy atom. The molecule has 2 bridgehead atoms. The predicted molar refractivity (Wildman–Crippen MR) is 149 cm³/mol. The van der Waals surface area contributed by atoms with Gasteiger partial charge in [-0.1, -0.05) is 49.3 Å². The second-order valence-corrected chi connectivity index (χ2v) is 11.0. The maximum Gasteiger partial charge on any atom is 0.274 e. The van der Waals surface area contributed by atoms with Crippen molar-refractivity contribution in [2.75, 3.05) is 6.54 Å². The highest BCUT2D eigenvalue weighted by molar-refractivity contribution is 7.09. The Morgan fingerprint density at radius 1 is 1.12 bits per heavy atom. The van der Waals surface area contributed by atoms with Gasteiger partial charge in [0, 0.05) is 24.4 Å². The Bertz CT molecular complexity index is 1340. The lowest BCUT2D eigenvalue weighted by Crippen LogP contribution is -2.49. The van der Waals surface area contributed by atoms with E-state index in [1.807, 2.05) is 44.2 Å². The van der Waals surface area contributed by atoms with Crippen LogP contribution in [0.1, 0.15) is 76.5 Å². The first-order valence-electron chi connectivity index (χ1n) is 13.3. The highest BCUT2D eigenvalue weighted by Gasteiger charge is 2.30. The molecule has 12 heteroatoms. The summed E-state index contributed by atoms with van der Waals surface area (Å²) in [6.45, 7) is 5.91. The number of carbonyl (C=O) groups excluding carboxylic acids is 4. The Balaban J connectivity index is 1.57. The van der Waals surface area contributed by atoms with Crippen LogP contribution in [0.2, 0.25) is 0 Å². The first kappa shape index (κ1) is 28.9. The van der Waals surface area contributed by atoms with Gasteiger partial charge < -0.3 is 25.8 Å². The van der Waals surface area contributed by atoms with E-state index in [2.05, 4.69) is 31.4 Å². The van der Waals surface area contributed by atoms with Gasteiger partial charge in [0.2, 0.25) is 11.8 Å². The van der Waals surface area contributed by atoms with Gasteiger partial charge in [0.05, 0.1) is 6.04 Å². The van der Waals surface area contributed by atoms with Crippen molar-refractivity contribution in [3.8, 4) is 0 Å². The number of hydrogen-bond donors (Lipinski definition) is 4. The van der Waals surface area contributed by atoms with Crippen LogP contribution in [0.5, 0.6) is 0 Å². The van der Waals surface area contributed by atoms with Crippen LogP contribution in [0.3, 0.4) is 0 Å². The van der Waals surface area contributed by atoms with Crippen LogP contribution in [0, 0.1) is 12.8 Å². The van der Waals surface area contributed by atoms with E-state index in [1.54, 1.807) is 12.3 Å². The monoisotopic (exact) mass is 566 g/mol. The molecular weight excluding hydrogens is 532 g/mol. The van der Waals surface area contributed by atoms with Crippen molar-refractivity contribution in [2.45, 2.75) is 64.6 Å². The molecule has 0 saturated heterocycles. The number of amides is 4. The maximum absolute atomic E-state index is 13.4. The molecule has 0 unspecified atom stereocenters. The van der Waals surface area contributed by atoms with Gasteiger partial charge in [-0.2, -0.15) is 0 Å². The van der Waals surface area contributed by atoms with E-state index in [0.717, 1.165) is 5.56 Å². The average molecular weight is 567 g/mol. The number of fused-ring (bicyclic) bond motifs is 2. The molecule has 3 atom stereocenters. The standard InChI is InChI=1S/C28H34N6O5S/c1-16(2)23-28-32-22(15-40-28)27(38)31-20(14-18-9-5-4-6-10-18)24(35)29-12-8-7-11-19(25(36)33-23)30-26(37)21-13-17(3)39-34-21/h4-6,9-10,13,15-16,19-20,23H,7-8,11-12,14H2,1-3H3,(H,29,35)(H,30,37)(H,31,38)(H,33,36)/t19-,20+,23+/m0/s1. The first-order chi connectivity index (χ1) is 19.2. The minimum Gasteiger partial charge on any atom is -0.361 e. The zero-order valence-corrected chi connectivity index (χ0v) is 23.5. The van der Waals surface area contributed by atoms with Crippen molar-refractivity contribution in [2.24, 2.45) is 5.92 Å². The summed E-state index contributed by atoms with van der Waals surface area (Å²) in [4.78, 5) is 56.9. The predicted octanol–water partition coefficient (Wildman–Crippen LogP) is 2.69. The molecule has 4 N–H and O–H groups in total. The van der Waals surface area contributed by atoms with Crippen molar-refractivity contribution in [1.82, 2.24) is 31.4 Å². The number of rotatable bonds is 5. The second kappa shape index (κ2) is 13.3. The topological polar surface area (TPSA) is 155 Å². The van der Waals surface area contributed by atoms with E-state index in [-0.39, 0.29) is 29.1 Å². The van der Waals surface area contributed by atoms with E-state index in [4.69, 9.17) is 4.52 Å². The molecule has 2 aromatic heterocycles. The molecule has 0 radical (unpaired) electrons. The van der Waals surface area contributed by atoms with Crippen LogP contribution in [0.4, 0.5) is 0 Å². The van der Waals surface area contributed by atoms with E-state index >= 15 is 0 Å². The fourth-order valence-electron chi connectivity index (χ4n) is 4.38. The van der Waals surface area contributed by atoms with Crippen LogP contribution in [0.25, 0.3) is 0 Å². The largest absolute Gasteiger partial charge is 0.361 e. The molecule has 3 aromatic rings. The second-order valence-electron chi connectivity index (χ2n) is 10.2. The van der Waals surface area contributed by atoms with Crippen molar-refractivity contribution >= 4 is 35.0 Å². The lowest BCUT2D eigenvalue weighted by Gasteiger charge is -2.25. The third kappa shape index (κ3) is 7.53. The molecule has 1 aromatic carbocycles. The van der Waals surface area contributed by atoms with Crippen LogP contribution in [0.15, 0.2) is 46.3 Å². The molecule has 4 amide bonds. The summed E-state index contributed by atoms with van der Waals surface area (Å²) in [5.41, 5.74) is 1.18. The molecule has 0 spiro atoms. The fraction of sp³-hybridized carbons (Fsp3) is 0.429. The van der Waals surface area contributed by atoms with Gasteiger partial charge in [-0.3, -0.25) is 19.2 Å². The third-order valence-electron chi connectivity index (χ3n) is 6.59. The Morgan fingerprint density at radius 3 is 2.60 bits per heavy atom. The number of aryl methyl sites for hydroxylation is 1. The van der Waals surface area contributed by atoms with E-state index in [0.29, 0.717) is 43.0 Å². The number of aromatic nitrogens is 2. The molecule has 212 valence electrons. The van der Waals surface area contributed by atoms with E-state index < -0.39 is 29.9 Å². The summed E-state index contributed by atoms with van der Waals surface area (Å²) in [7, 11) is 0. The summed E-state index contributed by atoms with van der Waals surface area (Å²) in [6.07, 6.45) is 1.81. The zero-order chi connectivity index (χ0) is 28.6. The van der Waals surface area contributed by atoms with Gasteiger partial charge in [0.15, 0.2) is 5.69 Å². The van der Waals surface area contributed by atoms with Crippen LogP contribution in [-0.2, 0) is 16.0 Å². The van der Waals surface area contributed by atoms with Gasteiger partial charge in [-0.25, -0.2) is 4.98 Å². The molecule has 0 fully saturated rings. The minimum atomic E-state index is -0.845. The highest BCUT2D eigenvalue weighted by Crippen LogP contribution is 2.26. The maximum atomic E-state index is 13.4. The summed E-state index contributed by atoms with van der Waals surface area (Å²) >= 11 is 1.26. The number of nitrogens with zero attached hydrogens (tertiary/aromatic N) is 2. The van der Waals surface area contributed by atoms with Crippen LogP contribution in [-0.4, -0.2) is 52.4 Å². The first-order valence-corrected chi connectivity index (χ1v) is 14.2. The van der Waals surface area contributed by atoms with Crippen molar-refractivity contribution in [3.05, 3.63) is 69.5 Å². The molecule has 0 aliphatic carbocycles. The van der Waals surface area contributed by atoms with Gasteiger partial charge in [0.25, 0.3) is 11.8 Å². The van der Waals surface area contributed by atoms with Gasteiger partial charge in [-0.05, 0) is 37.7 Å². The molecule has 1 aliphatic heterocycles. The third-order valence-corrected chi connectivity index (χ3v) is 7.52. The highest BCUT2D eigenvalue weighted by atomic mass is 32.1. The summed E-state index contributed by atoms with van der Waals surface area (Å²) in [5, 5.41) is 17.4. The van der Waals surface area contributed by atoms with Crippen LogP contribution >= 0.6 is 11.3 Å². The SMILES string of the molecule is Cc1cc(C(=O)N[C@H]2CCCCNC(=O)[C@@H](Cc3ccccc3)NC(=O)c3csc(n3)[C@@H](C(C)C)NC2=O)no1. The van der Waals surface area contributed by atoms with E-state index in [9.17, 15) is 19.2 Å². The number of hydrogen-bond acceptors (Lipinski definition) is 8. The zero-order valence-electron chi connectivity index (χ0n) is 22.7. The normalized spacial score (nSPS) is 20.9. The number of thiazole rings is 1. The van der Waals surface area contributed by atoms with Crippen molar-refractivity contribution in [1.29, 1.82) is 0 Å². The number of nitrogens with one attached hydrogen (secondary N) is 4. The summed E-state index contributed by atoms with van der Waals surface area (Å²) < 4.78 is 5.00. The molecule has 4 rings (SSSR count). The lowest BCUT2D eigenvalue weighted by atomic mass is 10.0. The number of benzene rings is 1. The molecule has 1 aliphatic rings. The minimum absolute atomic E-state index is 0.0453. The average Bonchev–Trinajstić information content (AvgIpc) is 3.59. The van der Waals surface area contributed by atoms with Crippen molar-refractivity contribution < 1.29 is 23.7 Å². The summed E-state index contributed by atoms with van der Waals surface area (Å²) in [5.74, 6) is -1.21. The Kier molecular flexibility index (Phi) is 9.65. The van der Waals surface area contributed by atoms with Crippen LogP contribution < -0.4 is 21.3 Å². The molecular formula is C28H34N6O5S. The van der Waals surface area contributed by atoms with E-state index in [1.165, 1.54) is 17.4 Å². The smallest absolute Gasteiger partial charge is 0.274 e. The molecule has 11 nitrogen and oxygen atoms in total. The lowest BCUT2D eigenvalue weighted by molar-refractivity contribution is -0.124. The fourth-order valence-corrected chi connectivity index (χ4v) is 5.40. The summed E-state index contributed by atoms with van der Waals surface area (Å²) in [6, 6.07) is 8.87. The molecule has 3 heterocycles. The molecule has 0 saturated carbocycles. The number of carbonyl (C=O) groups is 4. The molecule has 40 heavy (non-hydrogen) atoms. The van der Waals surface area contributed by atoms with Gasteiger partial charge >= 0.3 is 0 Å². The Hall–Kier alpha value is -4.06. The van der Waals surface area contributed by atoms with Gasteiger partial charge in [0.1, 0.15) is 28.5 Å². The van der Waals surface area contributed by atoms with Gasteiger partial charge in [-0.15, -0.1) is 11.3 Å².